The van der Waals surface area contributed by atoms with Crippen molar-refractivity contribution in [2.45, 2.75) is 32.5 Å². The minimum atomic E-state index is -0.869. The van der Waals surface area contributed by atoms with E-state index in [0.29, 0.717) is 25.0 Å². The predicted molar refractivity (Wildman–Crippen MR) is 110 cm³/mol. The van der Waals surface area contributed by atoms with Crippen LogP contribution in [-0.2, 0) is 6.54 Å². The largest absolute Gasteiger partial charge is 0.497 e. The Morgan fingerprint density at radius 1 is 1.21 bits per heavy atom. The van der Waals surface area contributed by atoms with Gasteiger partial charge in [0.25, 0.3) is 0 Å². The molecule has 0 fully saturated rings. The molecule has 2 aromatic rings. The van der Waals surface area contributed by atoms with E-state index < -0.39 is 6.10 Å². The smallest absolute Gasteiger partial charge is 0.226 e. The van der Waals surface area contributed by atoms with Crippen LogP contribution in [0.2, 0.25) is 0 Å². The molecule has 0 radical (unpaired) electrons. The van der Waals surface area contributed by atoms with Crippen LogP contribution in [0.1, 0.15) is 19.4 Å². The molecular weight excluding hydrogens is 360 g/mol. The maximum absolute atomic E-state index is 9.60. The molecule has 3 rings (SSSR count). The maximum atomic E-state index is 9.60. The highest BCUT2D eigenvalue weighted by Gasteiger charge is 2.27. The second-order valence-electron chi connectivity index (χ2n) is 6.91. The number of hydrogen-bond acceptors (Lipinski definition) is 9. The van der Waals surface area contributed by atoms with E-state index in [-0.39, 0.29) is 19.2 Å². The SMILES string of the molecule is COc1ccc(CNc2nc(NCC(O)CO)nc3c2NCN3C(C)C)cc1. The molecule has 0 saturated heterocycles. The van der Waals surface area contributed by atoms with Crippen molar-refractivity contribution in [3.63, 3.8) is 0 Å². The lowest BCUT2D eigenvalue weighted by Crippen LogP contribution is -2.31. The molecule has 1 aromatic carbocycles. The van der Waals surface area contributed by atoms with E-state index >= 15 is 0 Å². The quantitative estimate of drug-likeness (QED) is 0.435. The average Bonchev–Trinajstić information content (AvgIpc) is 3.15. The summed E-state index contributed by atoms with van der Waals surface area (Å²) in [6.45, 7) is 5.30. The van der Waals surface area contributed by atoms with E-state index in [2.05, 4.69) is 44.7 Å². The lowest BCUT2D eigenvalue weighted by atomic mass is 10.2. The Kier molecular flexibility index (Phi) is 6.37. The number of ether oxygens (including phenoxy) is 1. The van der Waals surface area contributed by atoms with Crippen molar-refractivity contribution in [3.05, 3.63) is 29.8 Å². The van der Waals surface area contributed by atoms with Crippen molar-refractivity contribution in [2.24, 2.45) is 0 Å². The normalized spacial score (nSPS) is 13.9. The minimum Gasteiger partial charge on any atom is -0.497 e. The second-order valence-corrected chi connectivity index (χ2v) is 6.91. The fourth-order valence-corrected chi connectivity index (χ4v) is 2.90. The van der Waals surface area contributed by atoms with Crippen LogP contribution in [0.5, 0.6) is 5.75 Å². The van der Waals surface area contributed by atoms with Crippen LogP contribution < -0.4 is 25.6 Å². The summed E-state index contributed by atoms with van der Waals surface area (Å²) in [5.74, 6) is 2.71. The summed E-state index contributed by atoms with van der Waals surface area (Å²) >= 11 is 0. The summed E-state index contributed by atoms with van der Waals surface area (Å²) < 4.78 is 5.19. The van der Waals surface area contributed by atoms with E-state index in [1.54, 1.807) is 7.11 Å². The molecule has 0 aliphatic carbocycles. The molecule has 1 aliphatic rings. The summed E-state index contributed by atoms with van der Waals surface area (Å²) in [5, 5.41) is 28.3. The second kappa shape index (κ2) is 8.94. The first kappa shape index (κ1) is 20.0. The Balaban J connectivity index is 1.81. The fourth-order valence-electron chi connectivity index (χ4n) is 2.90. The molecule has 1 atom stereocenters. The van der Waals surface area contributed by atoms with Gasteiger partial charge in [0.2, 0.25) is 5.95 Å². The number of benzene rings is 1. The Morgan fingerprint density at radius 2 is 1.96 bits per heavy atom. The lowest BCUT2D eigenvalue weighted by Gasteiger charge is -2.22. The topological polar surface area (TPSA) is 115 Å². The highest BCUT2D eigenvalue weighted by molar-refractivity contribution is 5.83. The van der Waals surface area contributed by atoms with Crippen molar-refractivity contribution >= 4 is 23.3 Å². The zero-order valence-electron chi connectivity index (χ0n) is 16.4. The Hall–Kier alpha value is -2.78. The summed E-state index contributed by atoms with van der Waals surface area (Å²) in [6.07, 6.45) is -0.869. The molecule has 1 aliphatic heterocycles. The third kappa shape index (κ3) is 4.55. The number of aromatic nitrogens is 2. The monoisotopic (exact) mass is 388 g/mol. The van der Waals surface area contributed by atoms with Gasteiger partial charge in [-0.2, -0.15) is 9.97 Å². The lowest BCUT2D eigenvalue weighted by molar-refractivity contribution is 0.105. The van der Waals surface area contributed by atoms with E-state index in [0.717, 1.165) is 22.8 Å². The van der Waals surface area contributed by atoms with Gasteiger partial charge >= 0.3 is 0 Å². The van der Waals surface area contributed by atoms with E-state index in [1.165, 1.54) is 0 Å². The van der Waals surface area contributed by atoms with Gasteiger partial charge in [0.15, 0.2) is 11.6 Å². The number of anilines is 4. The molecule has 9 nitrogen and oxygen atoms in total. The molecule has 28 heavy (non-hydrogen) atoms. The van der Waals surface area contributed by atoms with Crippen LogP contribution in [0.3, 0.4) is 0 Å². The van der Waals surface area contributed by atoms with Crippen LogP contribution in [0.4, 0.5) is 23.3 Å². The predicted octanol–water partition coefficient (Wildman–Crippen LogP) is 1.46. The van der Waals surface area contributed by atoms with Crippen LogP contribution in [0.25, 0.3) is 0 Å². The van der Waals surface area contributed by atoms with Gasteiger partial charge in [0, 0.05) is 19.1 Å². The summed E-state index contributed by atoms with van der Waals surface area (Å²) in [6, 6.07) is 8.11. The summed E-state index contributed by atoms with van der Waals surface area (Å²) in [5.41, 5.74) is 1.95. The number of aliphatic hydroxyl groups is 2. The van der Waals surface area contributed by atoms with Crippen molar-refractivity contribution in [1.29, 1.82) is 0 Å². The number of aliphatic hydroxyl groups excluding tert-OH is 2. The molecule has 0 saturated carbocycles. The number of nitrogens with zero attached hydrogens (tertiary/aromatic N) is 3. The van der Waals surface area contributed by atoms with E-state index in [1.807, 2.05) is 24.3 Å². The van der Waals surface area contributed by atoms with Crippen molar-refractivity contribution in [1.82, 2.24) is 9.97 Å². The van der Waals surface area contributed by atoms with Gasteiger partial charge in [-0.05, 0) is 31.5 Å². The molecule has 0 bridgehead atoms. The molecule has 2 heterocycles. The molecule has 152 valence electrons. The first-order valence-corrected chi connectivity index (χ1v) is 9.34. The molecule has 5 N–H and O–H groups in total. The Bertz CT molecular complexity index is 784. The minimum absolute atomic E-state index is 0.169. The van der Waals surface area contributed by atoms with Gasteiger partial charge in [0.05, 0.1) is 26.5 Å². The fraction of sp³-hybridized carbons (Fsp3) is 0.474. The molecule has 9 heteroatoms. The molecular formula is C19H28N6O3. The third-order valence-electron chi connectivity index (χ3n) is 4.54. The number of hydrogen-bond donors (Lipinski definition) is 5. The highest BCUT2D eigenvalue weighted by Crippen LogP contribution is 2.37. The van der Waals surface area contributed by atoms with Crippen molar-refractivity contribution in [3.8, 4) is 5.75 Å². The van der Waals surface area contributed by atoms with Crippen LogP contribution in [-0.4, -0.2) is 59.3 Å². The van der Waals surface area contributed by atoms with Gasteiger partial charge < -0.3 is 35.8 Å². The Labute approximate surface area is 164 Å². The number of methoxy groups -OCH3 is 1. The van der Waals surface area contributed by atoms with Crippen LogP contribution in [0.15, 0.2) is 24.3 Å². The maximum Gasteiger partial charge on any atom is 0.226 e. The number of nitrogens with one attached hydrogen (secondary N) is 3. The molecule has 0 amide bonds. The zero-order valence-corrected chi connectivity index (χ0v) is 16.4. The highest BCUT2D eigenvalue weighted by atomic mass is 16.5. The van der Waals surface area contributed by atoms with Gasteiger partial charge in [-0.25, -0.2) is 0 Å². The first-order chi connectivity index (χ1) is 13.5. The van der Waals surface area contributed by atoms with Crippen molar-refractivity contribution < 1.29 is 14.9 Å². The average molecular weight is 388 g/mol. The zero-order chi connectivity index (χ0) is 20.1. The number of rotatable bonds is 9. The number of fused-ring (bicyclic) bond motifs is 1. The van der Waals surface area contributed by atoms with E-state index in [9.17, 15) is 5.11 Å². The van der Waals surface area contributed by atoms with Gasteiger partial charge in [-0.1, -0.05) is 12.1 Å². The van der Waals surface area contributed by atoms with Gasteiger partial charge in [0.1, 0.15) is 11.4 Å². The van der Waals surface area contributed by atoms with E-state index in [4.69, 9.17) is 9.84 Å². The van der Waals surface area contributed by atoms with Gasteiger partial charge in [-0.3, -0.25) is 0 Å². The Morgan fingerprint density at radius 3 is 2.61 bits per heavy atom. The molecule has 1 aromatic heterocycles. The molecule has 1 unspecified atom stereocenters. The van der Waals surface area contributed by atoms with Crippen molar-refractivity contribution in [2.75, 3.05) is 47.8 Å². The summed E-state index contributed by atoms with van der Waals surface area (Å²) in [4.78, 5) is 11.3. The standard InChI is InChI=1S/C19H28N6O3/c1-12(2)25-11-22-16-17(20-8-13-4-6-15(28-3)7-5-13)23-19(24-18(16)25)21-9-14(27)10-26/h4-7,12,14,22,26-27H,8-11H2,1-3H3,(H2,20,21,23,24). The van der Waals surface area contributed by atoms with Crippen LogP contribution >= 0.6 is 0 Å². The first-order valence-electron chi connectivity index (χ1n) is 9.34. The van der Waals surface area contributed by atoms with Gasteiger partial charge in [-0.15, -0.1) is 0 Å². The summed E-state index contributed by atoms with van der Waals surface area (Å²) in [7, 11) is 1.64. The molecule has 0 spiro atoms. The third-order valence-corrected chi connectivity index (χ3v) is 4.54. The van der Waals surface area contributed by atoms with Crippen LogP contribution in [0, 0.1) is 0 Å².